The first-order valence-electron chi connectivity index (χ1n) is 6.89. The predicted octanol–water partition coefficient (Wildman–Crippen LogP) is 2.39. The molecule has 1 N–H and O–H groups in total. The van der Waals surface area contributed by atoms with E-state index in [1.807, 2.05) is 20.9 Å². The first-order chi connectivity index (χ1) is 8.09. The van der Waals surface area contributed by atoms with E-state index < -0.39 is 0 Å². The van der Waals surface area contributed by atoms with Crippen LogP contribution in [0.15, 0.2) is 0 Å². The molecule has 1 saturated heterocycles. The molecular formula is C14H27N3. The Balaban J connectivity index is 2.16. The molecule has 1 fully saturated rings. The van der Waals surface area contributed by atoms with Crippen molar-refractivity contribution >= 4 is 0 Å². The van der Waals surface area contributed by atoms with Crippen LogP contribution < -0.4 is 5.32 Å². The molecule has 1 heterocycles. The van der Waals surface area contributed by atoms with E-state index in [0.717, 1.165) is 19.0 Å². The van der Waals surface area contributed by atoms with Crippen molar-refractivity contribution in [3.63, 3.8) is 0 Å². The van der Waals surface area contributed by atoms with Gasteiger partial charge in [-0.25, -0.2) is 0 Å². The molecule has 1 aliphatic rings. The van der Waals surface area contributed by atoms with Gasteiger partial charge in [-0.05, 0) is 59.7 Å². The van der Waals surface area contributed by atoms with Crippen molar-refractivity contribution in [1.29, 1.82) is 5.26 Å². The Hall–Kier alpha value is -0.590. The summed E-state index contributed by atoms with van der Waals surface area (Å²) in [6, 6.07) is 3.12. The van der Waals surface area contributed by atoms with Gasteiger partial charge in [0.15, 0.2) is 0 Å². The molecule has 0 aromatic carbocycles. The van der Waals surface area contributed by atoms with Crippen LogP contribution in [0.4, 0.5) is 0 Å². The number of likely N-dealkylation sites (N-methyl/N-ethyl adjacent to an activating group) is 1. The molecular weight excluding hydrogens is 210 g/mol. The molecule has 0 amide bonds. The summed E-state index contributed by atoms with van der Waals surface area (Å²) in [5.41, 5.74) is -0.143. The van der Waals surface area contributed by atoms with Crippen LogP contribution in [0.25, 0.3) is 0 Å². The zero-order chi connectivity index (χ0) is 12.7. The number of rotatable bonds is 7. The lowest BCUT2D eigenvalue weighted by atomic mass is 9.89. The number of hydrogen-bond donors (Lipinski definition) is 1. The monoisotopic (exact) mass is 237 g/mol. The predicted molar refractivity (Wildman–Crippen MR) is 71.8 cm³/mol. The second-order valence-corrected chi connectivity index (χ2v) is 5.84. The summed E-state index contributed by atoms with van der Waals surface area (Å²) >= 11 is 0. The summed E-state index contributed by atoms with van der Waals surface area (Å²) < 4.78 is 0. The summed E-state index contributed by atoms with van der Waals surface area (Å²) in [4.78, 5) is 2.61. The molecule has 1 aliphatic heterocycles. The molecule has 98 valence electrons. The van der Waals surface area contributed by atoms with Crippen molar-refractivity contribution < 1.29 is 0 Å². The molecule has 17 heavy (non-hydrogen) atoms. The van der Waals surface area contributed by atoms with Crippen molar-refractivity contribution in [2.24, 2.45) is 5.41 Å². The minimum absolute atomic E-state index is 0.143. The van der Waals surface area contributed by atoms with E-state index in [2.05, 4.69) is 16.3 Å². The SMILES string of the molecule is CNCC1CCCN1CCCCC(C)(C)C#N. The van der Waals surface area contributed by atoms with Crippen LogP contribution in [0.3, 0.4) is 0 Å². The Morgan fingerprint density at radius 1 is 1.41 bits per heavy atom. The van der Waals surface area contributed by atoms with Crippen LogP contribution >= 0.6 is 0 Å². The number of nitriles is 1. The Morgan fingerprint density at radius 2 is 2.18 bits per heavy atom. The lowest BCUT2D eigenvalue weighted by molar-refractivity contribution is 0.241. The maximum absolute atomic E-state index is 8.95. The zero-order valence-electron chi connectivity index (χ0n) is 11.6. The average molecular weight is 237 g/mol. The van der Waals surface area contributed by atoms with Crippen LogP contribution in [0.1, 0.15) is 46.0 Å². The number of hydrogen-bond acceptors (Lipinski definition) is 3. The molecule has 1 unspecified atom stereocenters. The van der Waals surface area contributed by atoms with Crippen molar-refractivity contribution in [3.8, 4) is 6.07 Å². The van der Waals surface area contributed by atoms with Gasteiger partial charge >= 0.3 is 0 Å². The van der Waals surface area contributed by atoms with E-state index in [1.165, 1.54) is 38.8 Å². The average Bonchev–Trinajstić information content (AvgIpc) is 2.73. The van der Waals surface area contributed by atoms with Gasteiger partial charge in [-0.15, -0.1) is 0 Å². The summed E-state index contributed by atoms with van der Waals surface area (Å²) in [6.45, 7) is 7.64. The van der Waals surface area contributed by atoms with Crippen molar-refractivity contribution in [3.05, 3.63) is 0 Å². The maximum Gasteiger partial charge on any atom is 0.0683 e. The molecule has 1 rings (SSSR count). The van der Waals surface area contributed by atoms with Crippen LogP contribution in [-0.2, 0) is 0 Å². The first kappa shape index (κ1) is 14.5. The lowest BCUT2D eigenvalue weighted by Gasteiger charge is -2.24. The minimum atomic E-state index is -0.143. The summed E-state index contributed by atoms with van der Waals surface area (Å²) in [7, 11) is 2.03. The topological polar surface area (TPSA) is 39.1 Å². The Bertz CT molecular complexity index is 255. The number of likely N-dealkylation sites (tertiary alicyclic amines) is 1. The van der Waals surface area contributed by atoms with E-state index in [-0.39, 0.29) is 5.41 Å². The highest BCUT2D eigenvalue weighted by atomic mass is 15.2. The third-order valence-electron chi connectivity index (χ3n) is 3.74. The molecule has 3 nitrogen and oxygen atoms in total. The first-order valence-corrected chi connectivity index (χ1v) is 6.89. The fourth-order valence-electron chi connectivity index (χ4n) is 2.59. The van der Waals surface area contributed by atoms with Gasteiger partial charge in [0, 0.05) is 12.6 Å². The summed E-state index contributed by atoms with van der Waals surface area (Å²) in [5.74, 6) is 0. The van der Waals surface area contributed by atoms with E-state index in [9.17, 15) is 0 Å². The van der Waals surface area contributed by atoms with Gasteiger partial charge in [0.25, 0.3) is 0 Å². The maximum atomic E-state index is 8.95. The van der Waals surface area contributed by atoms with E-state index in [4.69, 9.17) is 5.26 Å². The van der Waals surface area contributed by atoms with Gasteiger partial charge in [0.05, 0.1) is 11.5 Å². The Labute approximate surface area is 106 Å². The van der Waals surface area contributed by atoms with Crippen molar-refractivity contribution in [2.75, 3.05) is 26.7 Å². The van der Waals surface area contributed by atoms with Crippen LogP contribution in [-0.4, -0.2) is 37.6 Å². The molecule has 3 heteroatoms. The standard InChI is InChI=1S/C14H27N3/c1-14(2,12-15)8-4-5-9-17-10-6-7-13(17)11-16-3/h13,16H,4-11H2,1-3H3. The highest BCUT2D eigenvalue weighted by Crippen LogP contribution is 2.23. The zero-order valence-corrected chi connectivity index (χ0v) is 11.6. The fourth-order valence-corrected chi connectivity index (χ4v) is 2.59. The quantitative estimate of drug-likeness (QED) is 0.691. The molecule has 0 aromatic rings. The van der Waals surface area contributed by atoms with Crippen molar-refractivity contribution in [1.82, 2.24) is 10.2 Å². The van der Waals surface area contributed by atoms with Gasteiger partial charge in [-0.3, -0.25) is 4.90 Å². The highest BCUT2D eigenvalue weighted by molar-refractivity contribution is 4.91. The van der Waals surface area contributed by atoms with Gasteiger partial charge < -0.3 is 5.32 Å². The number of unbranched alkanes of at least 4 members (excludes halogenated alkanes) is 1. The van der Waals surface area contributed by atoms with Gasteiger partial charge in [-0.2, -0.15) is 5.26 Å². The van der Waals surface area contributed by atoms with Crippen LogP contribution in [0.2, 0.25) is 0 Å². The summed E-state index contributed by atoms with van der Waals surface area (Å²) in [6.07, 6.45) is 6.10. The second kappa shape index (κ2) is 6.98. The lowest BCUT2D eigenvalue weighted by Crippen LogP contribution is -2.37. The van der Waals surface area contributed by atoms with Crippen LogP contribution in [0, 0.1) is 16.7 Å². The molecule has 0 saturated carbocycles. The minimum Gasteiger partial charge on any atom is -0.318 e. The van der Waals surface area contributed by atoms with E-state index in [0.29, 0.717) is 0 Å². The fraction of sp³-hybridized carbons (Fsp3) is 0.929. The highest BCUT2D eigenvalue weighted by Gasteiger charge is 2.23. The molecule has 1 atom stereocenters. The van der Waals surface area contributed by atoms with E-state index in [1.54, 1.807) is 0 Å². The largest absolute Gasteiger partial charge is 0.318 e. The van der Waals surface area contributed by atoms with Gasteiger partial charge in [0.2, 0.25) is 0 Å². The molecule has 0 spiro atoms. The van der Waals surface area contributed by atoms with Gasteiger partial charge in [-0.1, -0.05) is 6.42 Å². The number of nitrogens with zero attached hydrogens (tertiary/aromatic N) is 2. The summed E-state index contributed by atoms with van der Waals surface area (Å²) in [5, 5.41) is 12.2. The van der Waals surface area contributed by atoms with E-state index >= 15 is 0 Å². The normalized spacial score (nSPS) is 21.6. The second-order valence-electron chi connectivity index (χ2n) is 5.84. The Morgan fingerprint density at radius 3 is 2.82 bits per heavy atom. The molecule has 0 aromatic heterocycles. The van der Waals surface area contributed by atoms with Crippen LogP contribution in [0.5, 0.6) is 0 Å². The molecule has 0 radical (unpaired) electrons. The Kier molecular flexibility index (Phi) is 5.94. The molecule has 0 bridgehead atoms. The molecule has 0 aliphatic carbocycles. The van der Waals surface area contributed by atoms with Crippen molar-refractivity contribution in [2.45, 2.75) is 52.0 Å². The smallest absolute Gasteiger partial charge is 0.0683 e. The van der Waals surface area contributed by atoms with Gasteiger partial charge in [0.1, 0.15) is 0 Å². The third-order valence-corrected chi connectivity index (χ3v) is 3.74. The number of nitrogens with one attached hydrogen (secondary N) is 1. The third kappa shape index (κ3) is 5.06.